The average Bonchev–Trinajstić information content (AvgIpc) is 2.76. The summed E-state index contributed by atoms with van der Waals surface area (Å²) < 4.78 is 0.938. The lowest BCUT2D eigenvalue weighted by Crippen LogP contribution is -2.51. The lowest BCUT2D eigenvalue weighted by Gasteiger charge is -2.25. The van der Waals surface area contributed by atoms with Gasteiger partial charge in [-0.15, -0.1) is 11.3 Å². The molecule has 0 saturated carbocycles. The first-order valence-corrected chi connectivity index (χ1v) is 7.05. The van der Waals surface area contributed by atoms with Crippen LogP contribution in [0.1, 0.15) is 22.2 Å². The number of nitrogen functional groups attached to an aromatic ring is 1. The lowest BCUT2D eigenvalue weighted by atomic mass is 10.1. The van der Waals surface area contributed by atoms with E-state index in [2.05, 4.69) is 5.32 Å². The van der Waals surface area contributed by atoms with Gasteiger partial charge in [0, 0.05) is 10.1 Å². The molecule has 0 bridgehead atoms. The molecule has 2 rings (SSSR count). The van der Waals surface area contributed by atoms with Gasteiger partial charge in [0.2, 0.25) is 0 Å². The number of hydrogen-bond donors (Lipinski definition) is 4. The van der Waals surface area contributed by atoms with Crippen LogP contribution in [0.15, 0.2) is 18.2 Å². The second-order valence-electron chi connectivity index (χ2n) is 5.18. The number of carbonyl (C=O) groups is 1. The molecule has 20 heavy (non-hydrogen) atoms. The van der Waals surface area contributed by atoms with E-state index in [0.717, 1.165) is 15.6 Å². The van der Waals surface area contributed by atoms with Crippen molar-refractivity contribution >= 4 is 33.0 Å². The molecule has 0 atom stereocenters. The molecule has 108 valence electrons. The summed E-state index contributed by atoms with van der Waals surface area (Å²) in [5.41, 5.74) is 6.48. The number of rotatable bonds is 4. The van der Waals surface area contributed by atoms with Crippen LogP contribution in [0.5, 0.6) is 0 Å². The molecule has 1 heterocycles. The van der Waals surface area contributed by atoms with Crippen LogP contribution in [0.3, 0.4) is 0 Å². The van der Waals surface area contributed by atoms with Crippen LogP contribution in [0.4, 0.5) is 5.69 Å². The van der Waals surface area contributed by atoms with E-state index >= 15 is 0 Å². The predicted octanol–water partition coefficient (Wildman–Crippen LogP) is 1.27. The Bertz CT molecular complexity index is 647. The van der Waals surface area contributed by atoms with Crippen LogP contribution in [0.2, 0.25) is 0 Å². The van der Waals surface area contributed by atoms with Gasteiger partial charge in [0.15, 0.2) is 0 Å². The fourth-order valence-electron chi connectivity index (χ4n) is 1.86. The third kappa shape index (κ3) is 2.63. The summed E-state index contributed by atoms with van der Waals surface area (Å²) in [5, 5.41) is 21.9. The van der Waals surface area contributed by atoms with Crippen molar-refractivity contribution in [3.8, 4) is 0 Å². The van der Waals surface area contributed by atoms with Crippen molar-refractivity contribution in [3.63, 3.8) is 0 Å². The lowest BCUT2D eigenvalue weighted by molar-refractivity contribution is 0.0728. The van der Waals surface area contributed by atoms with E-state index in [0.29, 0.717) is 10.6 Å². The second kappa shape index (κ2) is 5.40. The zero-order valence-corrected chi connectivity index (χ0v) is 12.3. The summed E-state index contributed by atoms with van der Waals surface area (Å²) in [6.45, 7) is 2.84. The Morgan fingerprint density at radius 2 is 2.05 bits per heavy atom. The van der Waals surface area contributed by atoms with E-state index in [1.807, 2.05) is 25.1 Å². The summed E-state index contributed by atoms with van der Waals surface area (Å²) in [5.74, 6) is -0.382. The summed E-state index contributed by atoms with van der Waals surface area (Å²) in [6.07, 6.45) is 0. The van der Waals surface area contributed by atoms with Crippen molar-refractivity contribution in [2.75, 3.05) is 18.9 Å². The maximum atomic E-state index is 12.3. The third-order valence-corrected chi connectivity index (χ3v) is 4.39. The molecule has 0 aliphatic carbocycles. The molecular formula is C14H18N2O3S. The van der Waals surface area contributed by atoms with Crippen LogP contribution in [0.25, 0.3) is 10.1 Å². The molecule has 0 radical (unpaired) electrons. The number of thiophene rings is 1. The van der Waals surface area contributed by atoms with Crippen LogP contribution in [0, 0.1) is 6.92 Å². The number of aryl methyl sites for hydroxylation is 1. The van der Waals surface area contributed by atoms with E-state index in [9.17, 15) is 15.0 Å². The SMILES string of the molecule is Cc1ccc2sc(C(=O)NC(C)(CO)CO)c(N)c2c1. The summed E-state index contributed by atoms with van der Waals surface area (Å²) in [6, 6.07) is 5.83. The number of fused-ring (bicyclic) bond motifs is 1. The van der Waals surface area contributed by atoms with Gasteiger partial charge >= 0.3 is 0 Å². The summed E-state index contributed by atoms with van der Waals surface area (Å²) in [4.78, 5) is 12.7. The maximum absolute atomic E-state index is 12.3. The van der Waals surface area contributed by atoms with Gasteiger partial charge in [0.05, 0.1) is 24.4 Å². The molecule has 1 aromatic heterocycles. The number of anilines is 1. The fourth-order valence-corrected chi connectivity index (χ4v) is 2.86. The van der Waals surface area contributed by atoms with Gasteiger partial charge < -0.3 is 21.3 Å². The Kier molecular flexibility index (Phi) is 3.99. The predicted molar refractivity (Wildman–Crippen MR) is 81.0 cm³/mol. The largest absolute Gasteiger partial charge is 0.397 e. The summed E-state index contributed by atoms with van der Waals surface area (Å²) in [7, 11) is 0. The minimum Gasteiger partial charge on any atom is -0.397 e. The van der Waals surface area contributed by atoms with Crippen molar-refractivity contribution in [1.29, 1.82) is 0 Å². The Morgan fingerprint density at radius 1 is 1.40 bits per heavy atom. The van der Waals surface area contributed by atoms with Crippen molar-refractivity contribution in [2.24, 2.45) is 0 Å². The van der Waals surface area contributed by atoms with Crippen molar-refractivity contribution < 1.29 is 15.0 Å². The number of nitrogens with one attached hydrogen (secondary N) is 1. The minimum atomic E-state index is -1.06. The van der Waals surface area contributed by atoms with Gasteiger partial charge in [-0.2, -0.15) is 0 Å². The van der Waals surface area contributed by atoms with Crippen molar-refractivity contribution in [2.45, 2.75) is 19.4 Å². The van der Waals surface area contributed by atoms with Crippen LogP contribution in [-0.2, 0) is 0 Å². The quantitative estimate of drug-likeness (QED) is 0.683. The van der Waals surface area contributed by atoms with Gasteiger partial charge in [0.25, 0.3) is 5.91 Å². The van der Waals surface area contributed by atoms with Crippen LogP contribution in [-0.4, -0.2) is 34.9 Å². The monoisotopic (exact) mass is 294 g/mol. The highest BCUT2D eigenvalue weighted by Gasteiger charge is 2.27. The van der Waals surface area contributed by atoms with E-state index in [1.165, 1.54) is 11.3 Å². The fraction of sp³-hybridized carbons (Fsp3) is 0.357. The Hall–Kier alpha value is -1.63. The normalized spacial score (nSPS) is 11.8. The molecule has 6 heteroatoms. The van der Waals surface area contributed by atoms with Gasteiger partial charge in [0.1, 0.15) is 4.88 Å². The highest BCUT2D eigenvalue weighted by molar-refractivity contribution is 7.21. The van der Waals surface area contributed by atoms with Crippen LogP contribution < -0.4 is 11.1 Å². The van der Waals surface area contributed by atoms with Gasteiger partial charge in [-0.3, -0.25) is 4.79 Å². The third-order valence-electron chi connectivity index (χ3n) is 3.20. The summed E-state index contributed by atoms with van der Waals surface area (Å²) >= 11 is 1.30. The second-order valence-corrected chi connectivity index (χ2v) is 6.23. The molecule has 0 aliphatic rings. The standard InChI is InChI=1S/C14H18N2O3S/c1-8-3-4-10-9(5-8)11(15)12(20-10)13(19)16-14(2,6-17)7-18/h3-5,17-18H,6-7,15H2,1-2H3,(H,16,19). The molecule has 5 nitrogen and oxygen atoms in total. The van der Waals surface area contributed by atoms with Gasteiger partial charge in [-0.25, -0.2) is 0 Å². The molecule has 1 aromatic carbocycles. The number of benzene rings is 1. The van der Waals surface area contributed by atoms with E-state index in [-0.39, 0.29) is 19.1 Å². The molecule has 0 unspecified atom stereocenters. The molecule has 0 aliphatic heterocycles. The number of aliphatic hydroxyl groups is 2. The topological polar surface area (TPSA) is 95.6 Å². The van der Waals surface area contributed by atoms with E-state index < -0.39 is 5.54 Å². The minimum absolute atomic E-state index is 0.348. The zero-order valence-electron chi connectivity index (χ0n) is 11.4. The highest BCUT2D eigenvalue weighted by atomic mass is 32.1. The molecule has 0 spiro atoms. The molecule has 0 saturated heterocycles. The van der Waals surface area contributed by atoms with E-state index in [1.54, 1.807) is 6.92 Å². The molecule has 0 fully saturated rings. The first-order chi connectivity index (χ1) is 9.40. The number of nitrogens with two attached hydrogens (primary N) is 1. The van der Waals surface area contributed by atoms with Gasteiger partial charge in [-0.1, -0.05) is 11.6 Å². The number of aliphatic hydroxyl groups excluding tert-OH is 2. The van der Waals surface area contributed by atoms with E-state index in [4.69, 9.17) is 5.73 Å². The Balaban J connectivity index is 2.38. The number of amides is 1. The van der Waals surface area contributed by atoms with Crippen LogP contribution >= 0.6 is 11.3 Å². The molecule has 1 amide bonds. The molecule has 2 aromatic rings. The average molecular weight is 294 g/mol. The first kappa shape index (κ1) is 14.8. The maximum Gasteiger partial charge on any atom is 0.264 e. The Labute approximate surface area is 121 Å². The molecule has 5 N–H and O–H groups in total. The smallest absolute Gasteiger partial charge is 0.264 e. The Morgan fingerprint density at radius 3 is 2.65 bits per heavy atom. The highest BCUT2D eigenvalue weighted by Crippen LogP contribution is 2.34. The molecular weight excluding hydrogens is 276 g/mol. The first-order valence-electron chi connectivity index (χ1n) is 6.23. The van der Waals surface area contributed by atoms with Gasteiger partial charge in [-0.05, 0) is 26.0 Å². The number of hydrogen-bond acceptors (Lipinski definition) is 5. The zero-order chi connectivity index (χ0) is 14.9. The number of carbonyl (C=O) groups excluding carboxylic acids is 1. The van der Waals surface area contributed by atoms with Crippen molar-refractivity contribution in [1.82, 2.24) is 5.32 Å². The van der Waals surface area contributed by atoms with Crippen molar-refractivity contribution in [3.05, 3.63) is 28.6 Å².